The zero-order valence-corrected chi connectivity index (χ0v) is 13.2. The first-order valence-electron chi connectivity index (χ1n) is 9.28. The van der Waals surface area contributed by atoms with Crippen LogP contribution in [0.1, 0.15) is 71.6 Å². The van der Waals surface area contributed by atoms with Crippen LogP contribution < -0.4 is 0 Å². The van der Waals surface area contributed by atoms with Crippen LogP contribution in [0.2, 0.25) is 0 Å². The molecule has 0 amide bonds. The first kappa shape index (κ1) is 12.5. The summed E-state index contributed by atoms with van der Waals surface area (Å²) in [4.78, 5) is 0. The third kappa shape index (κ3) is 1.39. The van der Waals surface area contributed by atoms with Gasteiger partial charge in [0.25, 0.3) is 0 Å². The monoisotopic (exact) mass is 274 g/mol. The molecule has 0 N–H and O–H groups in total. The van der Waals surface area contributed by atoms with Crippen LogP contribution in [0.4, 0.5) is 0 Å². The van der Waals surface area contributed by atoms with E-state index in [9.17, 15) is 0 Å². The van der Waals surface area contributed by atoms with Gasteiger partial charge in [0.05, 0.1) is 12.2 Å². The lowest BCUT2D eigenvalue weighted by atomic mass is 9.45. The molecule has 1 nitrogen and oxygen atoms in total. The first-order valence-corrected chi connectivity index (χ1v) is 9.28. The molecule has 4 aliphatic carbocycles. The Morgan fingerprint density at radius 3 is 2.65 bits per heavy atom. The standard InChI is InChI=1S/C19H30O/c1-18-9-4-3-5-12(18)6-7-13-14(18)8-10-19(2)15(13)11-16-17(19)20-16/h12-17H,3-11H2,1-2H3/t12-,13+,14-,15+,16-,17-,18+,19+/m1/s1. The molecule has 5 rings (SSSR count). The lowest BCUT2D eigenvalue weighted by Crippen LogP contribution is -2.53. The number of hydrogen-bond acceptors (Lipinski definition) is 1. The van der Waals surface area contributed by atoms with Gasteiger partial charge in [-0.15, -0.1) is 0 Å². The summed E-state index contributed by atoms with van der Waals surface area (Å²) in [6, 6.07) is 0. The molecular formula is C19H30O. The summed E-state index contributed by atoms with van der Waals surface area (Å²) < 4.78 is 5.94. The predicted octanol–water partition coefficient (Wildman–Crippen LogP) is 4.80. The van der Waals surface area contributed by atoms with E-state index in [1.54, 1.807) is 12.8 Å². The first-order chi connectivity index (χ1) is 9.63. The maximum absolute atomic E-state index is 5.94. The normalized spacial score (nSPS) is 63.9. The van der Waals surface area contributed by atoms with E-state index in [0.717, 1.165) is 23.7 Å². The Labute approximate surface area is 123 Å². The summed E-state index contributed by atoms with van der Waals surface area (Å²) in [7, 11) is 0. The van der Waals surface area contributed by atoms with Gasteiger partial charge in [-0.25, -0.2) is 0 Å². The highest BCUT2D eigenvalue weighted by molar-refractivity contribution is 5.16. The SMILES string of the molecule is C[C@]12CCCC[C@@H]1CC[C@H]1[C@H]2CC[C@]2(C)[C@@H]3O[C@@H]3C[C@@H]12. The minimum absolute atomic E-state index is 0.559. The Hall–Kier alpha value is -0.0400. The Morgan fingerprint density at radius 2 is 1.75 bits per heavy atom. The summed E-state index contributed by atoms with van der Waals surface area (Å²) in [5.74, 6) is 4.17. The zero-order chi connectivity index (χ0) is 13.5. The molecule has 0 aromatic rings. The van der Waals surface area contributed by atoms with E-state index in [1.807, 2.05) is 0 Å². The van der Waals surface area contributed by atoms with Gasteiger partial charge in [0.15, 0.2) is 0 Å². The Kier molecular flexibility index (Phi) is 2.39. The second-order valence-electron chi connectivity index (χ2n) is 9.28. The van der Waals surface area contributed by atoms with Crippen LogP contribution in [0.3, 0.4) is 0 Å². The van der Waals surface area contributed by atoms with Gasteiger partial charge in [-0.2, -0.15) is 0 Å². The quantitative estimate of drug-likeness (QED) is 0.578. The molecule has 8 atom stereocenters. The van der Waals surface area contributed by atoms with E-state index in [-0.39, 0.29) is 0 Å². The minimum atomic E-state index is 0.559. The summed E-state index contributed by atoms with van der Waals surface area (Å²) in [5.41, 5.74) is 1.26. The molecule has 20 heavy (non-hydrogen) atoms. The van der Waals surface area contributed by atoms with Crippen molar-refractivity contribution in [1.82, 2.24) is 0 Å². The highest BCUT2D eigenvalue weighted by Crippen LogP contribution is 2.69. The third-order valence-electron chi connectivity index (χ3n) is 8.74. The van der Waals surface area contributed by atoms with E-state index >= 15 is 0 Å². The summed E-state index contributed by atoms with van der Waals surface area (Å²) >= 11 is 0. The minimum Gasteiger partial charge on any atom is -0.369 e. The van der Waals surface area contributed by atoms with Crippen LogP contribution in [0, 0.1) is 34.5 Å². The van der Waals surface area contributed by atoms with Gasteiger partial charge in [0, 0.05) is 0 Å². The number of rotatable bonds is 0. The third-order valence-corrected chi connectivity index (χ3v) is 8.74. The van der Waals surface area contributed by atoms with E-state index in [2.05, 4.69) is 13.8 Å². The Balaban J connectivity index is 1.48. The van der Waals surface area contributed by atoms with E-state index < -0.39 is 0 Å². The van der Waals surface area contributed by atoms with Crippen molar-refractivity contribution in [3.05, 3.63) is 0 Å². The van der Waals surface area contributed by atoms with Gasteiger partial charge >= 0.3 is 0 Å². The Bertz CT molecular complexity index is 431. The van der Waals surface area contributed by atoms with Gasteiger partial charge in [-0.05, 0) is 79.4 Å². The number of epoxide rings is 1. The lowest BCUT2D eigenvalue weighted by molar-refractivity contribution is -0.117. The van der Waals surface area contributed by atoms with Gasteiger partial charge in [-0.3, -0.25) is 0 Å². The molecule has 1 saturated heterocycles. The van der Waals surface area contributed by atoms with Crippen LogP contribution in [-0.4, -0.2) is 12.2 Å². The molecule has 0 radical (unpaired) electrons. The fourth-order valence-corrected chi connectivity index (χ4v) is 7.59. The molecule has 0 aromatic heterocycles. The van der Waals surface area contributed by atoms with E-state index in [1.165, 1.54) is 44.9 Å². The van der Waals surface area contributed by atoms with Crippen molar-refractivity contribution in [2.45, 2.75) is 83.8 Å². The molecule has 0 aromatic carbocycles. The van der Waals surface area contributed by atoms with Crippen LogP contribution >= 0.6 is 0 Å². The number of fused-ring (bicyclic) bond motifs is 7. The van der Waals surface area contributed by atoms with Crippen molar-refractivity contribution >= 4 is 0 Å². The fourth-order valence-electron chi connectivity index (χ4n) is 7.59. The molecule has 5 fully saturated rings. The highest BCUT2D eigenvalue weighted by atomic mass is 16.6. The van der Waals surface area contributed by atoms with E-state index in [0.29, 0.717) is 23.0 Å². The molecule has 1 aliphatic heterocycles. The largest absolute Gasteiger partial charge is 0.369 e. The molecule has 1 heterocycles. The van der Waals surface area contributed by atoms with Gasteiger partial charge in [0.2, 0.25) is 0 Å². The van der Waals surface area contributed by atoms with Gasteiger partial charge in [-0.1, -0.05) is 26.7 Å². The smallest absolute Gasteiger partial charge is 0.0898 e. The summed E-state index contributed by atoms with van der Waals surface area (Å²) in [6.07, 6.45) is 14.9. The zero-order valence-electron chi connectivity index (χ0n) is 13.2. The van der Waals surface area contributed by atoms with Gasteiger partial charge < -0.3 is 4.74 Å². The van der Waals surface area contributed by atoms with Crippen LogP contribution in [0.25, 0.3) is 0 Å². The van der Waals surface area contributed by atoms with Crippen molar-refractivity contribution < 1.29 is 4.74 Å². The average molecular weight is 274 g/mol. The highest BCUT2D eigenvalue weighted by Gasteiger charge is 2.67. The lowest BCUT2D eigenvalue weighted by Gasteiger charge is -2.60. The molecule has 1 heteroatoms. The molecule has 4 saturated carbocycles. The maximum Gasteiger partial charge on any atom is 0.0898 e. The number of ether oxygens (including phenoxy) is 1. The van der Waals surface area contributed by atoms with Crippen molar-refractivity contribution in [1.29, 1.82) is 0 Å². The van der Waals surface area contributed by atoms with E-state index in [4.69, 9.17) is 4.74 Å². The molecule has 0 unspecified atom stereocenters. The molecule has 0 bridgehead atoms. The van der Waals surface area contributed by atoms with Crippen molar-refractivity contribution in [2.75, 3.05) is 0 Å². The fraction of sp³-hybridized carbons (Fsp3) is 1.00. The maximum atomic E-state index is 5.94. The Morgan fingerprint density at radius 1 is 0.850 bits per heavy atom. The summed E-state index contributed by atoms with van der Waals surface area (Å²) in [5, 5.41) is 0. The second-order valence-corrected chi connectivity index (χ2v) is 9.28. The molecule has 5 aliphatic rings. The summed E-state index contributed by atoms with van der Waals surface area (Å²) in [6.45, 7) is 5.25. The average Bonchev–Trinajstić information content (AvgIpc) is 3.16. The topological polar surface area (TPSA) is 12.5 Å². The number of hydrogen-bond donors (Lipinski definition) is 0. The molecule has 112 valence electrons. The van der Waals surface area contributed by atoms with Crippen LogP contribution in [-0.2, 0) is 4.74 Å². The van der Waals surface area contributed by atoms with Crippen LogP contribution in [0.5, 0.6) is 0 Å². The van der Waals surface area contributed by atoms with Crippen molar-refractivity contribution in [3.63, 3.8) is 0 Å². The molecular weight excluding hydrogens is 244 g/mol. The predicted molar refractivity (Wildman–Crippen MR) is 80.4 cm³/mol. The molecule has 0 spiro atoms. The van der Waals surface area contributed by atoms with Gasteiger partial charge in [0.1, 0.15) is 0 Å². The van der Waals surface area contributed by atoms with Crippen molar-refractivity contribution in [2.24, 2.45) is 34.5 Å². The van der Waals surface area contributed by atoms with Crippen LogP contribution in [0.15, 0.2) is 0 Å². The second kappa shape index (κ2) is 3.83. The van der Waals surface area contributed by atoms with Crippen molar-refractivity contribution in [3.8, 4) is 0 Å².